The molecule has 2 aromatic carbocycles. The summed E-state index contributed by atoms with van der Waals surface area (Å²) < 4.78 is 5.55. The van der Waals surface area contributed by atoms with E-state index >= 15 is 0 Å². The SMILES string of the molecule is CC(C)(C)c1ccc(O)c(NC(=O)c2ccc3c(c2)C(=O)N(C[C@@H]2CCCO2)C3=O)c1. The first kappa shape index (κ1) is 21.1. The number of nitrogens with one attached hydrogen (secondary N) is 1. The van der Waals surface area contributed by atoms with E-state index in [1.807, 2.05) is 26.8 Å². The van der Waals surface area contributed by atoms with Crippen molar-refractivity contribution in [3.8, 4) is 5.75 Å². The van der Waals surface area contributed by atoms with Crippen LogP contribution in [0.25, 0.3) is 0 Å². The van der Waals surface area contributed by atoms with Crippen molar-refractivity contribution in [3.63, 3.8) is 0 Å². The molecule has 0 saturated carbocycles. The Bertz CT molecular complexity index is 1060. The molecule has 2 aromatic rings. The zero-order chi connectivity index (χ0) is 22.3. The Balaban J connectivity index is 1.55. The van der Waals surface area contributed by atoms with Gasteiger partial charge in [-0.15, -0.1) is 0 Å². The number of hydrogen-bond acceptors (Lipinski definition) is 5. The van der Waals surface area contributed by atoms with Crippen molar-refractivity contribution in [2.24, 2.45) is 0 Å². The van der Waals surface area contributed by atoms with E-state index < -0.39 is 11.8 Å². The summed E-state index contributed by atoms with van der Waals surface area (Å²) in [5.41, 5.74) is 1.83. The number of ether oxygens (including phenoxy) is 1. The molecular formula is C24H26N2O5. The minimum absolute atomic E-state index is 0.0449. The van der Waals surface area contributed by atoms with E-state index in [1.54, 1.807) is 12.1 Å². The Morgan fingerprint density at radius 2 is 1.87 bits per heavy atom. The van der Waals surface area contributed by atoms with Crippen molar-refractivity contribution in [1.29, 1.82) is 0 Å². The van der Waals surface area contributed by atoms with Crippen LogP contribution in [0.4, 0.5) is 5.69 Å². The third-order valence-electron chi connectivity index (χ3n) is 5.75. The number of imide groups is 1. The fourth-order valence-corrected chi connectivity index (χ4v) is 3.89. The standard InChI is InChI=1S/C24H26N2O5/c1-24(2,3)15-7-9-20(27)19(12-15)25-21(28)14-6-8-17-18(11-14)23(30)26(22(17)29)13-16-5-4-10-31-16/h6-9,11-12,16,27H,4-5,10,13H2,1-3H3,(H,25,28)/t16-/m0/s1. The molecule has 31 heavy (non-hydrogen) atoms. The molecule has 7 heteroatoms. The maximum absolute atomic E-state index is 12.8. The Morgan fingerprint density at radius 3 is 2.55 bits per heavy atom. The molecule has 2 heterocycles. The predicted octanol–water partition coefficient (Wildman–Crippen LogP) is 3.72. The average Bonchev–Trinajstić information content (AvgIpc) is 3.31. The molecule has 0 aromatic heterocycles. The molecular weight excluding hydrogens is 396 g/mol. The van der Waals surface area contributed by atoms with Gasteiger partial charge in [-0.05, 0) is 54.2 Å². The second-order valence-corrected chi connectivity index (χ2v) is 9.05. The molecule has 2 aliphatic rings. The van der Waals surface area contributed by atoms with E-state index in [0.29, 0.717) is 12.3 Å². The number of rotatable bonds is 4. The van der Waals surface area contributed by atoms with Crippen LogP contribution in [-0.4, -0.2) is 47.0 Å². The number of phenols is 1. The topological polar surface area (TPSA) is 95.9 Å². The molecule has 0 bridgehead atoms. The number of anilines is 1. The van der Waals surface area contributed by atoms with Gasteiger partial charge in [-0.1, -0.05) is 26.8 Å². The van der Waals surface area contributed by atoms with E-state index in [1.165, 1.54) is 23.1 Å². The second-order valence-electron chi connectivity index (χ2n) is 9.05. The van der Waals surface area contributed by atoms with Crippen LogP contribution >= 0.6 is 0 Å². The summed E-state index contributed by atoms with van der Waals surface area (Å²) in [6, 6.07) is 9.55. The van der Waals surface area contributed by atoms with E-state index in [2.05, 4.69) is 5.32 Å². The predicted molar refractivity (Wildman–Crippen MR) is 116 cm³/mol. The molecule has 1 atom stereocenters. The van der Waals surface area contributed by atoms with Crippen LogP contribution in [0.2, 0.25) is 0 Å². The van der Waals surface area contributed by atoms with Crippen LogP contribution in [0.3, 0.4) is 0 Å². The number of nitrogens with zero attached hydrogens (tertiary/aromatic N) is 1. The Labute approximate surface area is 181 Å². The molecule has 2 N–H and O–H groups in total. The zero-order valence-electron chi connectivity index (χ0n) is 17.9. The van der Waals surface area contributed by atoms with Crippen LogP contribution < -0.4 is 5.32 Å². The van der Waals surface area contributed by atoms with Gasteiger partial charge in [0.2, 0.25) is 0 Å². The van der Waals surface area contributed by atoms with Crippen molar-refractivity contribution < 1.29 is 24.2 Å². The van der Waals surface area contributed by atoms with Crippen LogP contribution in [0.5, 0.6) is 5.75 Å². The van der Waals surface area contributed by atoms with Gasteiger partial charge in [-0.25, -0.2) is 0 Å². The van der Waals surface area contributed by atoms with E-state index in [-0.39, 0.29) is 46.4 Å². The van der Waals surface area contributed by atoms with E-state index in [4.69, 9.17) is 4.74 Å². The fourth-order valence-electron chi connectivity index (χ4n) is 3.89. The lowest BCUT2D eigenvalue weighted by Gasteiger charge is -2.20. The molecule has 0 aliphatic carbocycles. The second kappa shape index (κ2) is 7.81. The number of benzene rings is 2. The zero-order valence-corrected chi connectivity index (χ0v) is 17.9. The minimum atomic E-state index is -0.470. The number of amides is 3. The van der Waals surface area contributed by atoms with E-state index in [0.717, 1.165) is 18.4 Å². The highest BCUT2D eigenvalue weighted by molar-refractivity contribution is 6.22. The van der Waals surface area contributed by atoms with Crippen molar-refractivity contribution in [2.75, 3.05) is 18.5 Å². The highest BCUT2D eigenvalue weighted by atomic mass is 16.5. The lowest BCUT2D eigenvalue weighted by molar-refractivity contribution is 0.0475. The number of phenolic OH excluding ortho intramolecular Hbond substituents is 1. The summed E-state index contributed by atoms with van der Waals surface area (Å²) in [4.78, 5) is 39.5. The van der Waals surface area contributed by atoms with Crippen LogP contribution in [0.1, 0.15) is 70.3 Å². The van der Waals surface area contributed by atoms with Crippen molar-refractivity contribution >= 4 is 23.4 Å². The van der Waals surface area contributed by atoms with Crippen LogP contribution in [0.15, 0.2) is 36.4 Å². The highest BCUT2D eigenvalue weighted by Gasteiger charge is 2.38. The number of aromatic hydroxyl groups is 1. The summed E-state index contributed by atoms with van der Waals surface area (Å²) in [5, 5.41) is 12.9. The number of hydrogen-bond donors (Lipinski definition) is 2. The van der Waals surface area contributed by atoms with Gasteiger partial charge in [0.15, 0.2) is 0 Å². The van der Waals surface area contributed by atoms with E-state index in [9.17, 15) is 19.5 Å². The molecule has 0 unspecified atom stereocenters. The molecule has 1 fully saturated rings. The van der Waals surface area contributed by atoms with Gasteiger partial charge in [-0.3, -0.25) is 19.3 Å². The fraction of sp³-hybridized carbons (Fsp3) is 0.375. The number of fused-ring (bicyclic) bond motifs is 1. The van der Waals surface area contributed by atoms with Gasteiger partial charge >= 0.3 is 0 Å². The summed E-state index contributed by atoms with van der Waals surface area (Å²) >= 11 is 0. The van der Waals surface area contributed by atoms with Gasteiger partial charge in [-0.2, -0.15) is 0 Å². The first-order valence-corrected chi connectivity index (χ1v) is 10.4. The number of carbonyl (C=O) groups excluding carboxylic acids is 3. The van der Waals surface area contributed by atoms with Gasteiger partial charge in [0.05, 0.1) is 29.5 Å². The Kier molecular flexibility index (Phi) is 5.31. The Morgan fingerprint density at radius 1 is 1.13 bits per heavy atom. The monoisotopic (exact) mass is 422 g/mol. The third kappa shape index (κ3) is 4.05. The van der Waals surface area contributed by atoms with Gasteiger partial charge in [0, 0.05) is 12.2 Å². The minimum Gasteiger partial charge on any atom is -0.506 e. The summed E-state index contributed by atoms with van der Waals surface area (Å²) in [7, 11) is 0. The largest absolute Gasteiger partial charge is 0.506 e. The first-order chi connectivity index (χ1) is 14.6. The smallest absolute Gasteiger partial charge is 0.261 e. The molecule has 3 amide bonds. The third-order valence-corrected chi connectivity index (χ3v) is 5.75. The molecule has 2 aliphatic heterocycles. The molecule has 162 valence electrons. The molecule has 0 radical (unpaired) electrons. The van der Waals surface area contributed by atoms with Crippen molar-refractivity contribution in [1.82, 2.24) is 4.90 Å². The normalized spacial score (nSPS) is 18.4. The van der Waals surface area contributed by atoms with Crippen molar-refractivity contribution in [2.45, 2.75) is 45.1 Å². The lowest BCUT2D eigenvalue weighted by Crippen LogP contribution is -2.36. The van der Waals surface area contributed by atoms with Crippen molar-refractivity contribution in [3.05, 3.63) is 58.7 Å². The molecule has 1 saturated heterocycles. The Hall–Kier alpha value is -3.19. The highest BCUT2D eigenvalue weighted by Crippen LogP contribution is 2.31. The summed E-state index contributed by atoms with van der Waals surface area (Å²) in [5.74, 6) is -1.29. The molecule has 7 nitrogen and oxygen atoms in total. The first-order valence-electron chi connectivity index (χ1n) is 10.4. The average molecular weight is 422 g/mol. The molecule has 4 rings (SSSR count). The lowest BCUT2D eigenvalue weighted by atomic mass is 9.87. The summed E-state index contributed by atoms with van der Waals surface area (Å²) in [6.07, 6.45) is 1.60. The summed E-state index contributed by atoms with van der Waals surface area (Å²) in [6.45, 7) is 6.98. The maximum Gasteiger partial charge on any atom is 0.261 e. The van der Waals surface area contributed by atoms with Crippen LogP contribution in [-0.2, 0) is 10.2 Å². The quantitative estimate of drug-likeness (QED) is 0.578. The maximum atomic E-state index is 12.8. The number of carbonyl (C=O) groups is 3. The van der Waals surface area contributed by atoms with Gasteiger partial charge in [0.25, 0.3) is 17.7 Å². The van der Waals surface area contributed by atoms with Crippen LogP contribution in [0, 0.1) is 0 Å². The van der Waals surface area contributed by atoms with Gasteiger partial charge < -0.3 is 15.2 Å². The molecule has 0 spiro atoms. The van der Waals surface area contributed by atoms with Gasteiger partial charge in [0.1, 0.15) is 5.75 Å².